The van der Waals surface area contributed by atoms with Crippen molar-refractivity contribution in [2.75, 3.05) is 0 Å². The largest absolute Gasteiger partial charge is 0.426 e. The molecule has 0 saturated carbocycles. The highest BCUT2D eigenvalue weighted by Crippen LogP contribution is 2.20. The Kier molecular flexibility index (Phi) is 4.33. The van der Waals surface area contributed by atoms with Crippen molar-refractivity contribution >= 4 is 22.7 Å². The van der Waals surface area contributed by atoms with E-state index in [1.165, 1.54) is 12.1 Å². The monoisotopic (exact) mass is 286 g/mol. The zero-order valence-electron chi connectivity index (χ0n) is 11.5. The van der Waals surface area contributed by atoms with Gasteiger partial charge < -0.3 is 9.15 Å². The number of carbonyl (C=O) groups excluding carboxylic acids is 2. The van der Waals surface area contributed by atoms with Crippen LogP contribution in [-0.2, 0) is 9.59 Å². The van der Waals surface area contributed by atoms with Crippen LogP contribution in [0.4, 0.5) is 0 Å². The lowest BCUT2D eigenvalue weighted by molar-refractivity contribution is -0.135. The molecule has 0 aliphatic rings. The molecule has 108 valence electrons. The van der Waals surface area contributed by atoms with Crippen molar-refractivity contribution in [2.24, 2.45) is 0 Å². The lowest BCUT2D eigenvalue weighted by Gasteiger charge is -2.05. The van der Waals surface area contributed by atoms with Gasteiger partial charge in [0.15, 0.2) is 5.78 Å². The predicted octanol–water partition coefficient (Wildman–Crippen LogP) is 2.62. The van der Waals surface area contributed by atoms with Gasteiger partial charge in [-0.05, 0) is 30.7 Å². The summed E-state index contributed by atoms with van der Waals surface area (Å²) in [6, 6.07) is 7.69. The van der Waals surface area contributed by atoms with E-state index in [0.29, 0.717) is 11.2 Å². The van der Waals surface area contributed by atoms with Gasteiger partial charge in [-0.15, -0.1) is 0 Å². The molecule has 0 unspecified atom stereocenters. The van der Waals surface area contributed by atoms with Crippen LogP contribution in [0.25, 0.3) is 11.0 Å². The summed E-state index contributed by atoms with van der Waals surface area (Å²) in [7, 11) is 0. The number of Topliss-reactive ketones (excluding diaryl/α,β-unsaturated/α-hetero) is 1. The van der Waals surface area contributed by atoms with Gasteiger partial charge in [0.2, 0.25) is 0 Å². The van der Waals surface area contributed by atoms with Crippen LogP contribution in [0.3, 0.4) is 0 Å². The molecule has 0 fully saturated rings. The van der Waals surface area contributed by atoms with Crippen LogP contribution < -0.4 is 10.4 Å². The van der Waals surface area contributed by atoms with E-state index in [2.05, 4.69) is 6.58 Å². The van der Waals surface area contributed by atoms with E-state index in [-0.39, 0.29) is 24.4 Å². The first-order chi connectivity index (χ1) is 9.95. The zero-order valence-corrected chi connectivity index (χ0v) is 11.5. The minimum absolute atomic E-state index is 0.0253. The van der Waals surface area contributed by atoms with Crippen molar-refractivity contribution in [2.45, 2.75) is 19.8 Å². The van der Waals surface area contributed by atoms with E-state index < -0.39 is 11.6 Å². The van der Waals surface area contributed by atoms with Gasteiger partial charge in [-0.25, -0.2) is 4.79 Å². The van der Waals surface area contributed by atoms with Crippen molar-refractivity contribution in [3.8, 4) is 5.75 Å². The van der Waals surface area contributed by atoms with Gasteiger partial charge in [-0.3, -0.25) is 9.59 Å². The van der Waals surface area contributed by atoms with E-state index in [0.717, 1.165) is 5.39 Å². The smallest absolute Gasteiger partial charge is 0.336 e. The molecule has 0 aliphatic carbocycles. The number of hydrogen-bond acceptors (Lipinski definition) is 5. The Bertz CT molecular complexity index is 770. The van der Waals surface area contributed by atoms with E-state index >= 15 is 0 Å². The van der Waals surface area contributed by atoms with Crippen molar-refractivity contribution in [3.63, 3.8) is 0 Å². The van der Waals surface area contributed by atoms with Crippen LogP contribution in [0, 0.1) is 0 Å². The van der Waals surface area contributed by atoms with E-state index in [1.807, 2.05) is 0 Å². The normalized spacial score (nSPS) is 10.3. The minimum atomic E-state index is -0.526. The fourth-order valence-electron chi connectivity index (χ4n) is 1.72. The molecule has 0 atom stereocenters. The first-order valence-electron chi connectivity index (χ1n) is 6.39. The predicted molar refractivity (Wildman–Crippen MR) is 77.2 cm³/mol. The van der Waals surface area contributed by atoms with E-state index in [4.69, 9.17) is 9.15 Å². The molecule has 21 heavy (non-hydrogen) atoms. The van der Waals surface area contributed by atoms with Crippen molar-refractivity contribution in [3.05, 3.63) is 52.9 Å². The molecular formula is C16H14O5. The van der Waals surface area contributed by atoms with Gasteiger partial charge in [-0.2, -0.15) is 0 Å². The first kappa shape index (κ1) is 14.7. The summed E-state index contributed by atoms with van der Waals surface area (Å²) in [5.74, 6) is -0.427. The average Bonchev–Trinajstić information content (AvgIpc) is 2.44. The molecule has 0 amide bonds. The third-order valence-corrected chi connectivity index (χ3v) is 2.86. The highest BCUT2D eigenvalue weighted by atomic mass is 16.5. The summed E-state index contributed by atoms with van der Waals surface area (Å²) in [6.07, 6.45) is 0.0410. The molecule has 0 N–H and O–H groups in total. The maximum absolute atomic E-state index is 11.6. The van der Waals surface area contributed by atoms with Crippen LogP contribution in [0.15, 0.2) is 51.7 Å². The number of esters is 1. The van der Waals surface area contributed by atoms with E-state index in [1.54, 1.807) is 25.1 Å². The number of ether oxygens (including phenoxy) is 1. The number of benzene rings is 1. The second kappa shape index (κ2) is 6.17. The number of fused-ring (bicyclic) bond motifs is 1. The average molecular weight is 286 g/mol. The number of hydrogen-bond donors (Lipinski definition) is 0. The third-order valence-electron chi connectivity index (χ3n) is 2.86. The van der Waals surface area contributed by atoms with Crippen LogP contribution >= 0.6 is 0 Å². The summed E-state index contributed by atoms with van der Waals surface area (Å²) in [6.45, 7) is 5.11. The highest BCUT2D eigenvalue weighted by Gasteiger charge is 2.10. The Hall–Kier alpha value is -2.69. The third kappa shape index (κ3) is 3.89. The molecule has 0 saturated heterocycles. The summed E-state index contributed by atoms with van der Waals surface area (Å²) < 4.78 is 10.1. The Morgan fingerprint density at radius 1 is 1.19 bits per heavy atom. The summed E-state index contributed by atoms with van der Waals surface area (Å²) in [5, 5.41) is 0.729. The molecule has 1 aromatic carbocycles. The molecule has 5 nitrogen and oxygen atoms in total. The molecule has 0 radical (unpaired) electrons. The van der Waals surface area contributed by atoms with Crippen molar-refractivity contribution < 1.29 is 18.7 Å². The van der Waals surface area contributed by atoms with Gasteiger partial charge in [0.1, 0.15) is 11.3 Å². The Labute approximate surface area is 120 Å². The molecule has 0 spiro atoms. The van der Waals surface area contributed by atoms with Crippen LogP contribution in [0.2, 0.25) is 0 Å². The zero-order chi connectivity index (χ0) is 15.4. The number of rotatable bonds is 5. The Balaban J connectivity index is 2.05. The van der Waals surface area contributed by atoms with E-state index in [9.17, 15) is 14.4 Å². The fraction of sp³-hybridized carbons (Fsp3) is 0.188. The Morgan fingerprint density at radius 2 is 1.90 bits per heavy atom. The van der Waals surface area contributed by atoms with Crippen LogP contribution in [0.5, 0.6) is 5.75 Å². The standard InChI is InChI=1S/C16H14O5/c1-10(2)13(17)6-8-15(18)20-12-5-3-11-4-7-16(19)21-14(11)9-12/h3-5,7,9H,1,6,8H2,2H3. The molecular weight excluding hydrogens is 272 g/mol. The lowest BCUT2D eigenvalue weighted by Crippen LogP contribution is -2.10. The van der Waals surface area contributed by atoms with Gasteiger partial charge in [0, 0.05) is 23.9 Å². The molecule has 0 aliphatic heterocycles. The molecule has 2 rings (SSSR count). The van der Waals surface area contributed by atoms with Gasteiger partial charge in [0.25, 0.3) is 0 Å². The maximum atomic E-state index is 11.6. The van der Waals surface area contributed by atoms with Crippen molar-refractivity contribution in [1.82, 2.24) is 0 Å². The van der Waals surface area contributed by atoms with Crippen molar-refractivity contribution in [1.29, 1.82) is 0 Å². The summed E-state index contributed by atoms with van der Waals surface area (Å²) >= 11 is 0. The lowest BCUT2D eigenvalue weighted by atomic mass is 10.1. The van der Waals surface area contributed by atoms with Crippen LogP contribution in [0.1, 0.15) is 19.8 Å². The minimum Gasteiger partial charge on any atom is -0.426 e. The molecule has 2 aromatic rings. The molecule has 1 heterocycles. The number of ketones is 1. The molecule has 1 aromatic heterocycles. The second-order valence-corrected chi connectivity index (χ2v) is 4.63. The number of allylic oxidation sites excluding steroid dienone is 1. The van der Waals surface area contributed by atoms with Gasteiger partial charge in [0.05, 0.1) is 6.42 Å². The number of carbonyl (C=O) groups is 2. The topological polar surface area (TPSA) is 73.6 Å². The maximum Gasteiger partial charge on any atom is 0.336 e. The second-order valence-electron chi connectivity index (χ2n) is 4.63. The Morgan fingerprint density at radius 3 is 2.62 bits per heavy atom. The fourth-order valence-corrected chi connectivity index (χ4v) is 1.72. The summed E-state index contributed by atoms with van der Waals surface area (Å²) in [5.41, 5.74) is 0.277. The summed E-state index contributed by atoms with van der Waals surface area (Å²) in [4.78, 5) is 34.1. The molecule has 5 heteroatoms. The molecule has 0 bridgehead atoms. The van der Waals surface area contributed by atoms with Crippen LogP contribution in [-0.4, -0.2) is 11.8 Å². The first-order valence-corrected chi connectivity index (χ1v) is 6.39. The highest BCUT2D eigenvalue weighted by molar-refractivity contribution is 5.95. The quantitative estimate of drug-likeness (QED) is 0.365. The van der Waals surface area contributed by atoms with Gasteiger partial charge >= 0.3 is 11.6 Å². The van der Waals surface area contributed by atoms with Gasteiger partial charge in [-0.1, -0.05) is 6.58 Å². The SMILES string of the molecule is C=C(C)C(=O)CCC(=O)Oc1ccc2ccc(=O)oc2c1.